The van der Waals surface area contributed by atoms with Gasteiger partial charge in [0, 0.05) is 16.9 Å². The van der Waals surface area contributed by atoms with Crippen LogP contribution in [-0.4, -0.2) is 17.3 Å². The Hall–Kier alpha value is -0.900. The van der Waals surface area contributed by atoms with Crippen LogP contribution >= 0.6 is 15.9 Å². The SMILES string of the molecule is CC(C)(C)C(CCBr)NC(=O)c1ccc(F)cc1. The first-order valence-corrected chi connectivity index (χ1v) is 7.09. The molecule has 1 rings (SSSR count). The fourth-order valence-corrected chi connectivity index (χ4v) is 2.13. The van der Waals surface area contributed by atoms with Gasteiger partial charge >= 0.3 is 0 Å². The zero-order valence-electron chi connectivity index (χ0n) is 11.0. The Balaban J connectivity index is 2.75. The maximum atomic E-state index is 12.8. The van der Waals surface area contributed by atoms with Crippen LogP contribution in [0.5, 0.6) is 0 Å². The number of amides is 1. The summed E-state index contributed by atoms with van der Waals surface area (Å²) < 4.78 is 12.8. The monoisotopic (exact) mass is 315 g/mol. The number of halogens is 2. The average Bonchev–Trinajstić information content (AvgIpc) is 2.28. The molecular formula is C14H19BrFNO. The van der Waals surface area contributed by atoms with Gasteiger partial charge < -0.3 is 5.32 Å². The van der Waals surface area contributed by atoms with Crippen molar-refractivity contribution in [1.29, 1.82) is 0 Å². The Kier molecular flexibility index (Phi) is 5.32. The molecule has 0 saturated carbocycles. The molecule has 0 fully saturated rings. The van der Waals surface area contributed by atoms with Gasteiger partial charge in [-0.05, 0) is 36.1 Å². The summed E-state index contributed by atoms with van der Waals surface area (Å²) in [7, 11) is 0. The van der Waals surface area contributed by atoms with Gasteiger partial charge in [0.2, 0.25) is 0 Å². The molecule has 0 aromatic heterocycles. The molecule has 0 aliphatic heterocycles. The molecule has 0 spiro atoms. The number of nitrogens with one attached hydrogen (secondary N) is 1. The van der Waals surface area contributed by atoms with Crippen LogP contribution in [0.25, 0.3) is 0 Å². The van der Waals surface area contributed by atoms with Crippen LogP contribution in [0.1, 0.15) is 37.6 Å². The van der Waals surface area contributed by atoms with Crippen LogP contribution in [0.4, 0.5) is 4.39 Å². The van der Waals surface area contributed by atoms with Crippen molar-refractivity contribution in [3.63, 3.8) is 0 Å². The van der Waals surface area contributed by atoms with Crippen molar-refractivity contribution in [1.82, 2.24) is 5.32 Å². The Morgan fingerprint density at radius 2 is 1.89 bits per heavy atom. The summed E-state index contributed by atoms with van der Waals surface area (Å²) in [5.41, 5.74) is 0.476. The van der Waals surface area contributed by atoms with Gasteiger partial charge in [0.15, 0.2) is 0 Å². The molecule has 0 aliphatic carbocycles. The molecule has 18 heavy (non-hydrogen) atoms. The first kappa shape index (κ1) is 15.2. The minimum atomic E-state index is -0.334. The third-order valence-corrected chi connectivity index (χ3v) is 3.31. The standard InChI is InChI=1S/C14H19BrFNO/c1-14(2,3)12(8-9-15)17-13(18)10-4-6-11(16)7-5-10/h4-7,12H,8-9H2,1-3H3,(H,17,18). The van der Waals surface area contributed by atoms with Gasteiger partial charge in [-0.2, -0.15) is 0 Å². The van der Waals surface area contributed by atoms with Crippen molar-refractivity contribution >= 4 is 21.8 Å². The van der Waals surface area contributed by atoms with Crippen molar-refractivity contribution < 1.29 is 9.18 Å². The average molecular weight is 316 g/mol. The summed E-state index contributed by atoms with van der Waals surface area (Å²) in [6, 6.07) is 5.67. The summed E-state index contributed by atoms with van der Waals surface area (Å²) in [5, 5.41) is 3.83. The number of hydrogen-bond acceptors (Lipinski definition) is 1. The molecule has 1 atom stereocenters. The molecule has 0 radical (unpaired) electrons. The van der Waals surface area contributed by atoms with Gasteiger partial charge in [-0.25, -0.2) is 4.39 Å². The van der Waals surface area contributed by atoms with Gasteiger partial charge in [0.1, 0.15) is 5.82 Å². The molecule has 1 aromatic rings. The molecule has 1 aromatic carbocycles. The Labute approximate surface area is 116 Å². The van der Waals surface area contributed by atoms with E-state index in [1.165, 1.54) is 24.3 Å². The van der Waals surface area contributed by atoms with Crippen molar-refractivity contribution in [2.45, 2.75) is 33.2 Å². The van der Waals surface area contributed by atoms with E-state index >= 15 is 0 Å². The van der Waals surface area contributed by atoms with E-state index in [-0.39, 0.29) is 23.2 Å². The number of rotatable bonds is 4. The fourth-order valence-electron chi connectivity index (χ4n) is 1.67. The molecule has 0 bridgehead atoms. The van der Waals surface area contributed by atoms with Crippen LogP contribution in [0.3, 0.4) is 0 Å². The van der Waals surface area contributed by atoms with E-state index in [0.29, 0.717) is 5.56 Å². The van der Waals surface area contributed by atoms with Crippen LogP contribution in [-0.2, 0) is 0 Å². The first-order valence-electron chi connectivity index (χ1n) is 5.97. The number of benzene rings is 1. The molecule has 0 aliphatic rings. The largest absolute Gasteiger partial charge is 0.349 e. The van der Waals surface area contributed by atoms with E-state index in [9.17, 15) is 9.18 Å². The number of alkyl halides is 1. The van der Waals surface area contributed by atoms with Gasteiger partial charge in [-0.1, -0.05) is 36.7 Å². The van der Waals surface area contributed by atoms with Gasteiger partial charge in [0.05, 0.1) is 0 Å². The highest BCUT2D eigenvalue weighted by Gasteiger charge is 2.25. The molecule has 1 unspecified atom stereocenters. The second-order valence-electron chi connectivity index (χ2n) is 5.38. The van der Waals surface area contributed by atoms with E-state index < -0.39 is 0 Å². The number of carbonyl (C=O) groups excluding carboxylic acids is 1. The lowest BCUT2D eigenvalue weighted by molar-refractivity contribution is 0.0900. The highest BCUT2D eigenvalue weighted by molar-refractivity contribution is 9.09. The normalized spacial score (nSPS) is 13.2. The Morgan fingerprint density at radius 1 is 1.33 bits per heavy atom. The molecule has 100 valence electrons. The van der Waals surface area contributed by atoms with Crippen molar-refractivity contribution in [2.75, 3.05) is 5.33 Å². The van der Waals surface area contributed by atoms with E-state index in [4.69, 9.17) is 0 Å². The summed E-state index contributed by atoms with van der Waals surface area (Å²) in [6.45, 7) is 6.27. The van der Waals surface area contributed by atoms with E-state index in [0.717, 1.165) is 11.8 Å². The summed E-state index contributed by atoms with van der Waals surface area (Å²) in [5.74, 6) is -0.491. The maximum Gasteiger partial charge on any atom is 0.251 e. The zero-order chi connectivity index (χ0) is 13.8. The predicted molar refractivity (Wildman–Crippen MR) is 75.5 cm³/mol. The Bertz CT molecular complexity index is 397. The highest BCUT2D eigenvalue weighted by Crippen LogP contribution is 2.22. The third-order valence-electron chi connectivity index (χ3n) is 2.85. The van der Waals surface area contributed by atoms with Gasteiger partial charge in [0.25, 0.3) is 5.91 Å². The van der Waals surface area contributed by atoms with Crippen LogP contribution in [0.15, 0.2) is 24.3 Å². The van der Waals surface area contributed by atoms with Crippen LogP contribution in [0, 0.1) is 11.2 Å². The van der Waals surface area contributed by atoms with Crippen LogP contribution < -0.4 is 5.32 Å². The van der Waals surface area contributed by atoms with Gasteiger partial charge in [-0.15, -0.1) is 0 Å². The number of carbonyl (C=O) groups is 1. The van der Waals surface area contributed by atoms with Crippen molar-refractivity contribution in [3.8, 4) is 0 Å². The molecule has 1 amide bonds. The predicted octanol–water partition coefficient (Wildman–Crippen LogP) is 3.76. The smallest absolute Gasteiger partial charge is 0.251 e. The summed E-state index contributed by atoms with van der Waals surface area (Å²) in [4.78, 5) is 12.0. The minimum absolute atomic E-state index is 0.0105. The second-order valence-corrected chi connectivity index (χ2v) is 6.17. The molecular weight excluding hydrogens is 297 g/mol. The van der Waals surface area contributed by atoms with E-state index in [2.05, 4.69) is 42.0 Å². The maximum absolute atomic E-state index is 12.8. The molecule has 2 nitrogen and oxygen atoms in total. The second kappa shape index (κ2) is 6.32. The lowest BCUT2D eigenvalue weighted by atomic mass is 9.85. The topological polar surface area (TPSA) is 29.1 Å². The molecule has 4 heteroatoms. The fraction of sp³-hybridized carbons (Fsp3) is 0.500. The van der Waals surface area contributed by atoms with Crippen LogP contribution in [0.2, 0.25) is 0 Å². The van der Waals surface area contributed by atoms with Crippen molar-refractivity contribution in [3.05, 3.63) is 35.6 Å². The lowest BCUT2D eigenvalue weighted by Gasteiger charge is -2.31. The summed E-state index contributed by atoms with van der Waals surface area (Å²) in [6.07, 6.45) is 0.858. The Morgan fingerprint density at radius 3 is 2.33 bits per heavy atom. The third kappa shape index (κ3) is 4.41. The first-order chi connectivity index (χ1) is 8.34. The van der Waals surface area contributed by atoms with E-state index in [1.807, 2.05) is 0 Å². The van der Waals surface area contributed by atoms with Gasteiger partial charge in [-0.3, -0.25) is 4.79 Å². The summed E-state index contributed by atoms with van der Waals surface area (Å²) >= 11 is 3.40. The quantitative estimate of drug-likeness (QED) is 0.842. The highest BCUT2D eigenvalue weighted by atomic mass is 79.9. The molecule has 0 saturated heterocycles. The lowest BCUT2D eigenvalue weighted by Crippen LogP contribution is -2.44. The minimum Gasteiger partial charge on any atom is -0.349 e. The van der Waals surface area contributed by atoms with E-state index in [1.54, 1.807) is 0 Å². The number of hydrogen-bond donors (Lipinski definition) is 1. The zero-order valence-corrected chi connectivity index (χ0v) is 12.6. The molecule has 1 N–H and O–H groups in total. The molecule has 0 heterocycles. The van der Waals surface area contributed by atoms with Crippen molar-refractivity contribution in [2.24, 2.45) is 5.41 Å².